The molecule has 0 aliphatic carbocycles. The quantitative estimate of drug-likeness (QED) is 0.763. The highest BCUT2D eigenvalue weighted by molar-refractivity contribution is 5.87. The van der Waals surface area contributed by atoms with Gasteiger partial charge in [0.1, 0.15) is 5.75 Å². The van der Waals surface area contributed by atoms with Gasteiger partial charge in [0.25, 0.3) is 0 Å². The molecule has 116 valence electrons. The van der Waals surface area contributed by atoms with Crippen LogP contribution in [0.15, 0.2) is 30.3 Å². The zero-order valence-corrected chi connectivity index (χ0v) is 12.5. The summed E-state index contributed by atoms with van der Waals surface area (Å²) in [4.78, 5) is 18.7. The molecule has 22 heavy (non-hydrogen) atoms. The van der Waals surface area contributed by atoms with Crippen molar-refractivity contribution in [3.05, 3.63) is 36.0 Å². The molecule has 1 heterocycles. The maximum atomic E-state index is 11.0. The van der Waals surface area contributed by atoms with Crippen molar-refractivity contribution in [3.8, 4) is 17.0 Å². The van der Waals surface area contributed by atoms with Crippen molar-refractivity contribution in [1.82, 2.24) is 9.97 Å². The second-order valence-electron chi connectivity index (χ2n) is 4.88. The van der Waals surface area contributed by atoms with E-state index in [4.69, 9.17) is 15.6 Å². The van der Waals surface area contributed by atoms with E-state index in [1.54, 1.807) is 0 Å². The van der Waals surface area contributed by atoms with E-state index < -0.39 is 5.97 Å². The Bertz CT molecular complexity index is 642. The lowest BCUT2D eigenvalue weighted by atomic mass is 10.1. The Morgan fingerprint density at radius 3 is 2.59 bits per heavy atom. The number of nitrogens with two attached hydrogens (primary N) is 1. The van der Waals surface area contributed by atoms with Crippen LogP contribution in [0.5, 0.6) is 5.75 Å². The molecule has 6 nitrogen and oxygen atoms in total. The maximum Gasteiger partial charge on any atom is 0.354 e. The first-order chi connectivity index (χ1) is 10.6. The largest absolute Gasteiger partial charge is 0.494 e. The number of aromatic carboxylic acids is 1. The minimum Gasteiger partial charge on any atom is -0.494 e. The van der Waals surface area contributed by atoms with Gasteiger partial charge in [-0.3, -0.25) is 0 Å². The molecule has 1 aromatic carbocycles. The van der Waals surface area contributed by atoms with Crippen LogP contribution in [0.25, 0.3) is 11.3 Å². The van der Waals surface area contributed by atoms with Gasteiger partial charge in [0.15, 0.2) is 5.69 Å². The molecule has 0 bridgehead atoms. The molecular formula is C16H19N3O3. The van der Waals surface area contributed by atoms with Crippen molar-refractivity contribution in [3.63, 3.8) is 0 Å². The third-order valence-corrected chi connectivity index (χ3v) is 3.13. The lowest BCUT2D eigenvalue weighted by Gasteiger charge is -2.07. The topological polar surface area (TPSA) is 98.3 Å². The van der Waals surface area contributed by atoms with Crippen LogP contribution in [0.4, 0.5) is 5.95 Å². The third-order valence-electron chi connectivity index (χ3n) is 3.13. The molecule has 0 atom stereocenters. The van der Waals surface area contributed by atoms with Gasteiger partial charge in [0.2, 0.25) is 5.95 Å². The number of carboxylic acid groups (broad SMARTS) is 1. The molecular weight excluding hydrogens is 282 g/mol. The number of unbranched alkanes of at least 4 members (excludes halogenated alkanes) is 2. The minimum atomic E-state index is -1.13. The number of carboxylic acids is 1. The number of benzene rings is 1. The Labute approximate surface area is 129 Å². The number of aromatic nitrogens is 2. The fraction of sp³-hybridized carbons (Fsp3) is 0.312. The van der Waals surface area contributed by atoms with Gasteiger partial charge in [-0.2, -0.15) is 0 Å². The molecule has 0 unspecified atom stereocenters. The predicted molar refractivity (Wildman–Crippen MR) is 83.9 cm³/mol. The van der Waals surface area contributed by atoms with E-state index in [1.165, 1.54) is 6.07 Å². The Balaban J connectivity index is 2.11. The normalized spacial score (nSPS) is 10.4. The second-order valence-corrected chi connectivity index (χ2v) is 4.88. The highest BCUT2D eigenvalue weighted by Crippen LogP contribution is 2.22. The zero-order valence-electron chi connectivity index (χ0n) is 12.5. The Hall–Kier alpha value is -2.63. The van der Waals surface area contributed by atoms with Crippen LogP contribution in [0.1, 0.15) is 36.7 Å². The molecule has 0 fully saturated rings. The highest BCUT2D eigenvalue weighted by atomic mass is 16.5. The first kappa shape index (κ1) is 15.8. The van der Waals surface area contributed by atoms with Crippen molar-refractivity contribution in [2.24, 2.45) is 0 Å². The number of nitrogen functional groups attached to an aromatic ring is 1. The highest BCUT2D eigenvalue weighted by Gasteiger charge is 2.10. The fourth-order valence-electron chi connectivity index (χ4n) is 1.99. The van der Waals surface area contributed by atoms with Crippen LogP contribution in [-0.4, -0.2) is 27.7 Å². The number of hydrogen-bond donors (Lipinski definition) is 2. The van der Waals surface area contributed by atoms with E-state index in [9.17, 15) is 4.79 Å². The number of anilines is 1. The molecule has 0 aliphatic rings. The molecule has 1 aromatic heterocycles. The van der Waals surface area contributed by atoms with E-state index in [-0.39, 0.29) is 11.6 Å². The van der Waals surface area contributed by atoms with Crippen LogP contribution < -0.4 is 10.5 Å². The molecule has 0 radical (unpaired) electrons. The SMILES string of the molecule is CCCCCOc1ccc(-c2cc(C(=O)O)nc(N)n2)cc1. The minimum absolute atomic E-state index is 0.0604. The van der Waals surface area contributed by atoms with Crippen molar-refractivity contribution in [2.45, 2.75) is 26.2 Å². The van der Waals surface area contributed by atoms with Gasteiger partial charge in [0, 0.05) is 5.56 Å². The van der Waals surface area contributed by atoms with Crippen LogP contribution in [0.3, 0.4) is 0 Å². The average molecular weight is 301 g/mol. The van der Waals surface area contributed by atoms with Crippen LogP contribution in [0, 0.1) is 0 Å². The maximum absolute atomic E-state index is 11.0. The summed E-state index contributed by atoms with van der Waals surface area (Å²) >= 11 is 0. The van der Waals surface area contributed by atoms with E-state index in [0.29, 0.717) is 12.3 Å². The summed E-state index contributed by atoms with van der Waals surface area (Å²) in [5.74, 6) is -0.415. The lowest BCUT2D eigenvalue weighted by Crippen LogP contribution is -2.06. The Morgan fingerprint density at radius 2 is 1.95 bits per heavy atom. The van der Waals surface area contributed by atoms with Gasteiger partial charge in [0.05, 0.1) is 12.3 Å². The van der Waals surface area contributed by atoms with Crippen molar-refractivity contribution in [2.75, 3.05) is 12.3 Å². The standard InChI is InChI=1S/C16H19N3O3/c1-2-3-4-9-22-12-7-5-11(6-8-12)13-10-14(15(20)21)19-16(17)18-13/h5-8,10H,2-4,9H2,1H3,(H,20,21)(H2,17,18,19). The van der Waals surface area contributed by atoms with E-state index in [0.717, 1.165) is 30.6 Å². The van der Waals surface area contributed by atoms with Gasteiger partial charge >= 0.3 is 5.97 Å². The number of carbonyl (C=O) groups is 1. The van der Waals surface area contributed by atoms with Gasteiger partial charge in [-0.25, -0.2) is 14.8 Å². The smallest absolute Gasteiger partial charge is 0.354 e. The molecule has 3 N–H and O–H groups in total. The third kappa shape index (κ3) is 4.18. The summed E-state index contributed by atoms with van der Waals surface area (Å²) < 4.78 is 5.63. The molecule has 2 aromatic rings. The first-order valence-corrected chi connectivity index (χ1v) is 7.21. The van der Waals surface area contributed by atoms with Crippen LogP contribution in [-0.2, 0) is 0 Å². The van der Waals surface area contributed by atoms with E-state index >= 15 is 0 Å². The summed E-state index contributed by atoms with van der Waals surface area (Å²) in [6, 6.07) is 8.71. The Kier molecular flexibility index (Phi) is 5.30. The summed E-state index contributed by atoms with van der Waals surface area (Å²) in [5, 5.41) is 9.00. The lowest BCUT2D eigenvalue weighted by molar-refractivity contribution is 0.0690. The molecule has 6 heteroatoms. The van der Waals surface area contributed by atoms with E-state index in [1.807, 2.05) is 24.3 Å². The van der Waals surface area contributed by atoms with Crippen LogP contribution >= 0.6 is 0 Å². The summed E-state index contributed by atoms with van der Waals surface area (Å²) in [6.45, 7) is 2.84. The summed E-state index contributed by atoms with van der Waals surface area (Å²) in [7, 11) is 0. The van der Waals surface area contributed by atoms with E-state index in [2.05, 4.69) is 16.9 Å². The van der Waals surface area contributed by atoms with Gasteiger partial charge in [-0.1, -0.05) is 19.8 Å². The molecule has 0 aliphatic heterocycles. The molecule has 0 spiro atoms. The molecule has 0 amide bonds. The van der Waals surface area contributed by atoms with Gasteiger partial charge in [-0.15, -0.1) is 0 Å². The summed E-state index contributed by atoms with van der Waals surface area (Å²) in [6.07, 6.45) is 3.34. The predicted octanol–water partition coefficient (Wildman–Crippen LogP) is 2.99. The first-order valence-electron chi connectivity index (χ1n) is 7.21. The Morgan fingerprint density at radius 1 is 1.23 bits per heavy atom. The average Bonchev–Trinajstić information content (AvgIpc) is 2.51. The number of ether oxygens (including phenoxy) is 1. The monoisotopic (exact) mass is 301 g/mol. The molecule has 0 saturated heterocycles. The second kappa shape index (κ2) is 7.40. The van der Waals surface area contributed by atoms with Crippen molar-refractivity contribution >= 4 is 11.9 Å². The van der Waals surface area contributed by atoms with Gasteiger partial charge in [-0.05, 0) is 36.8 Å². The number of hydrogen-bond acceptors (Lipinski definition) is 5. The fourth-order valence-corrected chi connectivity index (χ4v) is 1.99. The number of rotatable bonds is 7. The van der Waals surface area contributed by atoms with Crippen LogP contribution in [0.2, 0.25) is 0 Å². The zero-order chi connectivity index (χ0) is 15.9. The van der Waals surface area contributed by atoms with Crippen molar-refractivity contribution in [1.29, 1.82) is 0 Å². The molecule has 2 rings (SSSR count). The molecule has 0 saturated carbocycles. The van der Waals surface area contributed by atoms with Gasteiger partial charge < -0.3 is 15.6 Å². The number of nitrogens with zero attached hydrogens (tertiary/aromatic N) is 2. The summed E-state index contributed by atoms with van der Waals surface area (Å²) in [5.41, 5.74) is 6.66. The van der Waals surface area contributed by atoms with Crippen molar-refractivity contribution < 1.29 is 14.6 Å².